The molecule has 1 heterocycles. The summed E-state index contributed by atoms with van der Waals surface area (Å²) in [5.41, 5.74) is 1.32. The van der Waals surface area contributed by atoms with E-state index in [1.807, 2.05) is 6.07 Å². The molecule has 1 aliphatic rings. The Hall–Kier alpha value is -1.90. The van der Waals surface area contributed by atoms with Crippen LogP contribution in [0.2, 0.25) is 0 Å². The Morgan fingerprint density at radius 3 is 2.42 bits per heavy atom. The molecule has 0 radical (unpaired) electrons. The van der Waals surface area contributed by atoms with E-state index in [1.54, 1.807) is 36.1 Å². The lowest BCUT2D eigenvalue weighted by atomic mass is 10.2. The predicted molar refractivity (Wildman–Crippen MR) is 102 cm³/mol. The Balaban J connectivity index is 1.74. The van der Waals surface area contributed by atoms with E-state index in [0.717, 1.165) is 10.0 Å². The first-order chi connectivity index (χ1) is 12.3. The van der Waals surface area contributed by atoms with Gasteiger partial charge in [0.15, 0.2) is 0 Å². The van der Waals surface area contributed by atoms with E-state index >= 15 is 0 Å². The average molecular weight is 439 g/mol. The molecule has 1 fully saturated rings. The number of hydrogen-bond donors (Lipinski definition) is 1. The van der Waals surface area contributed by atoms with Gasteiger partial charge in [-0.2, -0.15) is 4.31 Å². The van der Waals surface area contributed by atoms with Crippen LogP contribution in [-0.2, 0) is 10.0 Å². The van der Waals surface area contributed by atoms with Crippen LogP contribution in [0.3, 0.4) is 0 Å². The molecule has 26 heavy (non-hydrogen) atoms. The SMILES string of the molecule is Cc1ccc(O)c(S(=O)(=O)N2CCN(C(=O)c3cccc(Br)c3)CC2)c1. The van der Waals surface area contributed by atoms with Gasteiger partial charge in [0.2, 0.25) is 10.0 Å². The second-order valence-corrected chi connectivity index (χ2v) is 9.00. The first-order valence-electron chi connectivity index (χ1n) is 8.13. The number of piperazine rings is 1. The second kappa shape index (κ2) is 7.38. The predicted octanol–water partition coefficient (Wildman–Crippen LogP) is 2.61. The van der Waals surface area contributed by atoms with E-state index in [1.165, 1.54) is 16.4 Å². The van der Waals surface area contributed by atoms with E-state index < -0.39 is 10.0 Å². The zero-order valence-electron chi connectivity index (χ0n) is 14.2. The molecule has 0 saturated carbocycles. The van der Waals surface area contributed by atoms with Gasteiger partial charge in [0.1, 0.15) is 10.6 Å². The van der Waals surface area contributed by atoms with Gasteiger partial charge in [-0.25, -0.2) is 8.42 Å². The maximum Gasteiger partial charge on any atom is 0.253 e. The van der Waals surface area contributed by atoms with Crippen LogP contribution in [0.5, 0.6) is 5.75 Å². The van der Waals surface area contributed by atoms with E-state index in [4.69, 9.17) is 0 Å². The van der Waals surface area contributed by atoms with Gasteiger partial charge in [-0.1, -0.05) is 28.1 Å². The van der Waals surface area contributed by atoms with Crippen molar-refractivity contribution in [3.05, 3.63) is 58.1 Å². The molecule has 6 nitrogen and oxygen atoms in total. The lowest BCUT2D eigenvalue weighted by Gasteiger charge is -2.34. The number of sulfonamides is 1. The van der Waals surface area contributed by atoms with E-state index in [2.05, 4.69) is 15.9 Å². The Labute approximate surface area is 161 Å². The first-order valence-corrected chi connectivity index (χ1v) is 10.4. The average Bonchev–Trinajstić information content (AvgIpc) is 2.63. The van der Waals surface area contributed by atoms with Gasteiger partial charge in [-0.05, 0) is 42.8 Å². The van der Waals surface area contributed by atoms with Gasteiger partial charge in [0, 0.05) is 36.2 Å². The molecule has 0 spiro atoms. The van der Waals surface area contributed by atoms with Crippen LogP contribution < -0.4 is 0 Å². The minimum atomic E-state index is -3.80. The molecule has 1 saturated heterocycles. The number of benzene rings is 2. The number of aryl methyl sites for hydroxylation is 1. The van der Waals surface area contributed by atoms with E-state index in [9.17, 15) is 18.3 Å². The standard InChI is InChI=1S/C18H19BrN2O4S/c1-13-5-6-16(22)17(11-13)26(24,25)21-9-7-20(8-10-21)18(23)14-3-2-4-15(19)12-14/h2-6,11-12,22H,7-10H2,1H3. The Bertz CT molecular complexity index is 938. The Kier molecular flexibility index (Phi) is 5.36. The van der Waals surface area contributed by atoms with Crippen molar-refractivity contribution in [1.82, 2.24) is 9.21 Å². The van der Waals surface area contributed by atoms with Crippen molar-refractivity contribution < 1.29 is 18.3 Å². The molecule has 0 unspecified atom stereocenters. The molecule has 2 aromatic carbocycles. The van der Waals surface area contributed by atoms with E-state index in [-0.39, 0.29) is 29.6 Å². The Morgan fingerprint density at radius 1 is 1.08 bits per heavy atom. The summed E-state index contributed by atoms with van der Waals surface area (Å²) < 4.78 is 27.7. The van der Waals surface area contributed by atoms with Crippen LogP contribution in [0.25, 0.3) is 0 Å². The van der Waals surface area contributed by atoms with E-state index in [0.29, 0.717) is 18.7 Å². The number of carbonyl (C=O) groups excluding carboxylic acids is 1. The smallest absolute Gasteiger partial charge is 0.253 e. The molecule has 3 rings (SSSR count). The quantitative estimate of drug-likeness (QED) is 0.798. The molecule has 1 N–H and O–H groups in total. The van der Waals surface area contributed by atoms with Crippen molar-refractivity contribution in [2.75, 3.05) is 26.2 Å². The summed E-state index contributed by atoms with van der Waals surface area (Å²) in [6.07, 6.45) is 0. The summed E-state index contributed by atoms with van der Waals surface area (Å²) in [5, 5.41) is 9.94. The summed E-state index contributed by atoms with van der Waals surface area (Å²) in [6.45, 7) is 2.76. The number of phenols is 1. The molecule has 2 aromatic rings. The highest BCUT2D eigenvalue weighted by molar-refractivity contribution is 9.10. The molecule has 0 bridgehead atoms. The fraction of sp³-hybridized carbons (Fsp3) is 0.278. The van der Waals surface area contributed by atoms with Crippen LogP contribution >= 0.6 is 15.9 Å². The minimum Gasteiger partial charge on any atom is -0.507 e. The van der Waals surface area contributed by atoms with Crippen molar-refractivity contribution >= 4 is 31.9 Å². The van der Waals surface area contributed by atoms with Crippen LogP contribution in [0.15, 0.2) is 51.8 Å². The highest BCUT2D eigenvalue weighted by Gasteiger charge is 2.32. The largest absolute Gasteiger partial charge is 0.507 e. The van der Waals surface area contributed by atoms with Gasteiger partial charge < -0.3 is 10.0 Å². The highest BCUT2D eigenvalue weighted by Crippen LogP contribution is 2.27. The summed E-state index contributed by atoms with van der Waals surface area (Å²) in [6, 6.07) is 11.6. The van der Waals surface area contributed by atoms with Crippen molar-refractivity contribution in [3.8, 4) is 5.75 Å². The number of aromatic hydroxyl groups is 1. The molecule has 0 atom stereocenters. The molecular weight excluding hydrogens is 420 g/mol. The van der Waals surface area contributed by atoms with Gasteiger partial charge in [0.25, 0.3) is 5.91 Å². The number of hydrogen-bond acceptors (Lipinski definition) is 4. The van der Waals surface area contributed by atoms with Crippen LogP contribution in [-0.4, -0.2) is 54.8 Å². The van der Waals surface area contributed by atoms with Gasteiger partial charge in [0.05, 0.1) is 0 Å². The number of phenolic OH excluding ortho intramolecular Hbond substituents is 1. The van der Waals surface area contributed by atoms with Crippen LogP contribution in [0.1, 0.15) is 15.9 Å². The third-order valence-electron chi connectivity index (χ3n) is 4.33. The van der Waals surface area contributed by atoms with Crippen molar-refractivity contribution in [3.63, 3.8) is 0 Å². The summed E-state index contributed by atoms with van der Waals surface area (Å²) in [4.78, 5) is 14.1. The van der Waals surface area contributed by atoms with Gasteiger partial charge >= 0.3 is 0 Å². The number of carbonyl (C=O) groups is 1. The minimum absolute atomic E-state index is 0.0933. The monoisotopic (exact) mass is 438 g/mol. The van der Waals surface area contributed by atoms with Gasteiger partial charge in [-0.3, -0.25) is 4.79 Å². The molecular formula is C18H19BrN2O4S. The number of nitrogens with zero attached hydrogens (tertiary/aromatic N) is 2. The number of amides is 1. The molecule has 0 aromatic heterocycles. The van der Waals surface area contributed by atoms with Crippen LogP contribution in [0, 0.1) is 6.92 Å². The fourth-order valence-corrected chi connectivity index (χ4v) is 4.89. The van der Waals surface area contributed by atoms with Crippen molar-refractivity contribution in [1.29, 1.82) is 0 Å². The zero-order valence-corrected chi connectivity index (χ0v) is 16.6. The third kappa shape index (κ3) is 3.77. The summed E-state index contributed by atoms with van der Waals surface area (Å²) >= 11 is 3.35. The lowest BCUT2D eigenvalue weighted by molar-refractivity contribution is 0.0697. The maximum absolute atomic E-state index is 12.8. The maximum atomic E-state index is 12.8. The molecule has 0 aliphatic carbocycles. The number of rotatable bonds is 3. The zero-order chi connectivity index (χ0) is 18.9. The third-order valence-corrected chi connectivity index (χ3v) is 6.75. The molecule has 1 aliphatic heterocycles. The Morgan fingerprint density at radius 2 is 1.77 bits per heavy atom. The highest BCUT2D eigenvalue weighted by atomic mass is 79.9. The molecule has 1 amide bonds. The van der Waals surface area contributed by atoms with Crippen molar-refractivity contribution in [2.45, 2.75) is 11.8 Å². The topological polar surface area (TPSA) is 77.9 Å². The second-order valence-electron chi connectivity index (χ2n) is 6.18. The first kappa shape index (κ1) is 18.9. The summed E-state index contributed by atoms with van der Waals surface area (Å²) in [5.74, 6) is -0.384. The van der Waals surface area contributed by atoms with Crippen molar-refractivity contribution in [2.24, 2.45) is 0 Å². The lowest BCUT2D eigenvalue weighted by Crippen LogP contribution is -2.50. The fourth-order valence-electron chi connectivity index (χ4n) is 2.90. The number of halogens is 1. The summed E-state index contributed by atoms with van der Waals surface area (Å²) in [7, 11) is -3.80. The van der Waals surface area contributed by atoms with Gasteiger partial charge in [-0.15, -0.1) is 0 Å². The molecule has 8 heteroatoms. The molecule has 138 valence electrons. The van der Waals surface area contributed by atoms with Crippen LogP contribution in [0.4, 0.5) is 0 Å². The normalized spacial score (nSPS) is 15.8.